The lowest BCUT2D eigenvalue weighted by Crippen LogP contribution is -2.49. The molecular weight excluding hydrogens is 302 g/mol. The van der Waals surface area contributed by atoms with Crippen LogP contribution in [0.1, 0.15) is 11.1 Å². The fraction of sp³-hybridized carbons (Fsp3) is 0.533. The summed E-state index contributed by atoms with van der Waals surface area (Å²) in [6.45, 7) is 7.39. The van der Waals surface area contributed by atoms with Crippen LogP contribution < -0.4 is 0 Å². The number of rotatable bonds is 2. The van der Waals surface area contributed by atoms with E-state index in [0.29, 0.717) is 50.2 Å². The molecule has 0 amide bonds. The third-order valence-corrected chi connectivity index (χ3v) is 5.92. The number of aliphatic imine (C=N–C) groups is 1. The van der Waals surface area contributed by atoms with E-state index < -0.39 is 10.0 Å². The number of morpholine rings is 1. The summed E-state index contributed by atoms with van der Waals surface area (Å²) in [5, 5.41) is 0. The molecular formula is C15H21N3O3S. The maximum absolute atomic E-state index is 12.9. The minimum atomic E-state index is -3.56. The van der Waals surface area contributed by atoms with Crippen LogP contribution in [0.5, 0.6) is 0 Å². The number of ether oxygens (including phenoxy) is 1. The van der Waals surface area contributed by atoms with E-state index in [4.69, 9.17) is 4.74 Å². The SMILES string of the molecule is Cc1ccc(S(=O)(=O)N2CCN=C2N2CCOCC2)cc1C. The van der Waals surface area contributed by atoms with Crippen molar-refractivity contribution in [2.45, 2.75) is 18.7 Å². The molecule has 0 atom stereocenters. The number of nitrogens with zero attached hydrogens (tertiary/aromatic N) is 3. The minimum Gasteiger partial charge on any atom is -0.378 e. The molecule has 0 bridgehead atoms. The maximum Gasteiger partial charge on any atom is 0.266 e. The first kappa shape index (κ1) is 15.3. The molecule has 22 heavy (non-hydrogen) atoms. The normalized spacial score (nSPS) is 19.5. The van der Waals surface area contributed by atoms with Gasteiger partial charge in [-0.1, -0.05) is 6.07 Å². The van der Waals surface area contributed by atoms with Gasteiger partial charge in [-0.25, -0.2) is 12.7 Å². The number of hydrogen-bond donors (Lipinski definition) is 0. The summed E-state index contributed by atoms with van der Waals surface area (Å²) >= 11 is 0. The molecule has 0 saturated carbocycles. The molecule has 1 aromatic carbocycles. The van der Waals surface area contributed by atoms with Gasteiger partial charge in [0.05, 0.1) is 31.2 Å². The van der Waals surface area contributed by atoms with Gasteiger partial charge in [-0.05, 0) is 37.1 Å². The molecule has 6 nitrogen and oxygen atoms in total. The molecule has 1 aromatic rings. The summed E-state index contributed by atoms with van der Waals surface area (Å²) in [6.07, 6.45) is 0. The molecule has 7 heteroatoms. The highest BCUT2D eigenvalue weighted by atomic mass is 32.2. The van der Waals surface area contributed by atoms with Crippen molar-refractivity contribution >= 4 is 16.0 Å². The van der Waals surface area contributed by atoms with Gasteiger partial charge in [0.1, 0.15) is 0 Å². The van der Waals surface area contributed by atoms with Gasteiger partial charge in [0.15, 0.2) is 0 Å². The van der Waals surface area contributed by atoms with Crippen LogP contribution in [0.3, 0.4) is 0 Å². The Bertz CT molecular complexity index is 694. The van der Waals surface area contributed by atoms with Crippen LogP contribution in [0.25, 0.3) is 0 Å². The lowest BCUT2D eigenvalue weighted by molar-refractivity contribution is 0.0652. The van der Waals surface area contributed by atoms with Crippen LogP contribution in [0, 0.1) is 13.8 Å². The summed E-state index contributed by atoms with van der Waals surface area (Å²) < 4.78 is 32.6. The van der Waals surface area contributed by atoms with E-state index in [2.05, 4.69) is 4.99 Å². The zero-order valence-electron chi connectivity index (χ0n) is 12.9. The van der Waals surface area contributed by atoms with E-state index in [1.165, 1.54) is 4.31 Å². The van der Waals surface area contributed by atoms with Crippen molar-refractivity contribution in [3.63, 3.8) is 0 Å². The number of benzene rings is 1. The van der Waals surface area contributed by atoms with Gasteiger partial charge in [-0.2, -0.15) is 0 Å². The Labute approximate surface area is 131 Å². The monoisotopic (exact) mass is 323 g/mol. The third kappa shape index (κ3) is 2.70. The second kappa shape index (κ2) is 5.89. The van der Waals surface area contributed by atoms with Crippen molar-refractivity contribution in [2.24, 2.45) is 4.99 Å². The zero-order valence-corrected chi connectivity index (χ0v) is 13.8. The molecule has 0 aliphatic carbocycles. The van der Waals surface area contributed by atoms with Crippen LogP contribution in [-0.2, 0) is 14.8 Å². The molecule has 2 heterocycles. The van der Waals surface area contributed by atoms with Crippen LogP contribution in [0.2, 0.25) is 0 Å². The first-order valence-corrected chi connectivity index (χ1v) is 8.91. The number of hydrogen-bond acceptors (Lipinski definition) is 5. The summed E-state index contributed by atoms with van der Waals surface area (Å²) in [5.74, 6) is 0.557. The Morgan fingerprint density at radius 3 is 2.50 bits per heavy atom. The third-order valence-electron chi connectivity index (χ3n) is 4.14. The fourth-order valence-corrected chi connectivity index (χ4v) is 4.20. The van der Waals surface area contributed by atoms with Gasteiger partial charge in [0, 0.05) is 13.1 Å². The van der Waals surface area contributed by atoms with E-state index in [1.807, 2.05) is 24.8 Å². The molecule has 0 N–H and O–H groups in total. The van der Waals surface area contributed by atoms with E-state index in [9.17, 15) is 8.42 Å². The molecule has 3 rings (SSSR count). The summed E-state index contributed by atoms with van der Waals surface area (Å²) in [7, 11) is -3.56. The molecule has 0 radical (unpaired) electrons. The quantitative estimate of drug-likeness (QED) is 0.814. The molecule has 0 unspecified atom stereocenters. The second-order valence-electron chi connectivity index (χ2n) is 5.60. The Morgan fingerprint density at radius 1 is 1.09 bits per heavy atom. The molecule has 2 aliphatic rings. The topological polar surface area (TPSA) is 62.2 Å². The lowest BCUT2D eigenvalue weighted by atomic mass is 10.1. The fourth-order valence-electron chi connectivity index (χ4n) is 2.67. The van der Waals surface area contributed by atoms with Crippen molar-refractivity contribution in [1.82, 2.24) is 9.21 Å². The Morgan fingerprint density at radius 2 is 1.82 bits per heavy atom. The number of sulfonamides is 1. The van der Waals surface area contributed by atoms with Crippen LogP contribution >= 0.6 is 0 Å². The van der Waals surface area contributed by atoms with Gasteiger partial charge in [-0.15, -0.1) is 0 Å². The van der Waals surface area contributed by atoms with Crippen LogP contribution in [-0.4, -0.2) is 63.0 Å². The van der Waals surface area contributed by atoms with Crippen LogP contribution in [0.15, 0.2) is 28.1 Å². The van der Waals surface area contributed by atoms with Gasteiger partial charge in [0.25, 0.3) is 10.0 Å². The first-order chi connectivity index (χ1) is 10.5. The first-order valence-electron chi connectivity index (χ1n) is 7.47. The predicted molar refractivity (Wildman–Crippen MR) is 84.5 cm³/mol. The number of guanidine groups is 1. The van der Waals surface area contributed by atoms with Crippen molar-refractivity contribution in [3.05, 3.63) is 29.3 Å². The highest BCUT2D eigenvalue weighted by Gasteiger charge is 2.34. The van der Waals surface area contributed by atoms with E-state index in [0.717, 1.165) is 11.1 Å². The van der Waals surface area contributed by atoms with Crippen molar-refractivity contribution in [3.8, 4) is 0 Å². The highest BCUT2D eigenvalue weighted by molar-refractivity contribution is 7.89. The van der Waals surface area contributed by atoms with E-state index >= 15 is 0 Å². The Hall–Kier alpha value is -1.60. The zero-order chi connectivity index (χ0) is 15.7. The van der Waals surface area contributed by atoms with Gasteiger partial charge >= 0.3 is 0 Å². The molecule has 1 fully saturated rings. The van der Waals surface area contributed by atoms with E-state index in [-0.39, 0.29) is 0 Å². The summed E-state index contributed by atoms with van der Waals surface area (Å²) in [5.41, 5.74) is 2.06. The predicted octanol–water partition coefficient (Wildman–Crippen LogP) is 0.996. The van der Waals surface area contributed by atoms with Crippen molar-refractivity contribution in [2.75, 3.05) is 39.4 Å². The highest BCUT2D eigenvalue weighted by Crippen LogP contribution is 2.22. The molecule has 1 saturated heterocycles. The lowest BCUT2D eigenvalue weighted by Gasteiger charge is -2.32. The smallest absolute Gasteiger partial charge is 0.266 e. The molecule has 2 aliphatic heterocycles. The standard InChI is InChI=1S/C15H21N3O3S/c1-12-3-4-14(11-13(12)2)22(19,20)18-6-5-16-15(18)17-7-9-21-10-8-17/h3-4,11H,5-10H2,1-2H3. The van der Waals surface area contributed by atoms with Crippen molar-refractivity contribution < 1.29 is 13.2 Å². The average molecular weight is 323 g/mol. The summed E-state index contributed by atoms with van der Waals surface area (Å²) in [4.78, 5) is 6.73. The van der Waals surface area contributed by atoms with Crippen LogP contribution in [0.4, 0.5) is 0 Å². The van der Waals surface area contributed by atoms with Gasteiger partial charge in [-0.3, -0.25) is 4.99 Å². The van der Waals surface area contributed by atoms with Crippen molar-refractivity contribution in [1.29, 1.82) is 0 Å². The average Bonchev–Trinajstić information content (AvgIpc) is 3.01. The molecule has 0 spiro atoms. The summed E-state index contributed by atoms with van der Waals surface area (Å²) in [6, 6.07) is 5.26. The molecule has 0 aromatic heterocycles. The Kier molecular flexibility index (Phi) is 4.10. The maximum atomic E-state index is 12.9. The van der Waals surface area contributed by atoms with Gasteiger partial charge in [0.2, 0.25) is 5.96 Å². The number of aryl methyl sites for hydroxylation is 2. The molecule has 120 valence electrons. The largest absolute Gasteiger partial charge is 0.378 e. The minimum absolute atomic E-state index is 0.332. The Balaban J connectivity index is 1.90. The van der Waals surface area contributed by atoms with Gasteiger partial charge < -0.3 is 9.64 Å². The second-order valence-corrected chi connectivity index (χ2v) is 7.47. The van der Waals surface area contributed by atoms with E-state index in [1.54, 1.807) is 12.1 Å².